The second-order valence-corrected chi connectivity index (χ2v) is 6.22. The van der Waals surface area contributed by atoms with Crippen LogP contribution in [0.25, 0.3) is 22.3 Å². The Labute approximate surface area is 159 Å². The number of rotatable bonds is 3. The van der Waals surface area contributed by atoms with E-state index in [4.69, 9.17) is 11.6 Å². The van der Waals surface area contributed by atoms with E-state index in [1.165, 1.54) is 6.07 Å². The van der Waals surface area contributed by atoms with Gasteiger partial charge < -0.3 is 0 Å². The van der Waals surface area contributed by atoms with Crippen LogP contribution in [-0.2, 0) is 0 Å². The Kier molecular flexibility index (Phi) is 4.40. The van der Waals surface area contributed by atoms with Gasteiger partial charge in [-0.3, -0.25) is 20.0 Å². The zero-order chi connectivity index (χ0) is 18.8. The van der Waals surface area contributed by atoms with Crippen LogP contribution in [0.5, 0.6) is 0 Å². The van der Waals surface area contributed by atoms with Crippen LogP contribution in [0.1, 0.15) is 10.4 Å². The van der Waals surface area contributed by atoms with Gasteiger partial charge in [0.1, 0.15) is 0 Å². The minimum atomic E-state index is -0.466. The minimum Gasteiger partial charge on any atom is -0.267 e. The lowest BCUT2D eigenvalue weighted by molar-refractivity contribution is 0.101. The molecule has 0 fully saturated rings. The molecule has 0 unspecified atom stereocenters. The van der Waals surface area contributed by atoms with Crippen molar-refractivity contribution in [2.24, 2.45) is 0 Å². The lowest BCUT2D eigenvalue weighted by atomic mass is 10.2. The lowest BCUT2D eigenvalue weighted by Crippen LogP contribution is -2.35. The van der Waals surface area contributed by atoms with E-state index in [9.17, 15) is 9.59 Å². The molecule has 0 atom stereocenters. The number of aromatic nitrogens is 3. The average molecular weight is 377 g/mol. The molecule has 4 rings (SSSR count). The third-order valence-electron chi connectivity index (χ3n) is 4.01. The van der Waals surface area contributed by atoms with Crippen molar-refractivity contribution in [3.63, 3.8) is 0 Å². The van der Waals surface area contributed by atoms with Gasteiger partial charge in [0.15, 0.2) is 5.82 Å². The fourth-order valence-electron chi connectivity index (χ4n) is 2.73. The van der Waals surface area contributed by atoms with E-state index in [2.05, 4.69) is 15.4 Å². The van der Waals surface area contributed by atoms with E-state index in [0.29, 0.717) is 32.9 Å². The Bertz CT molecular complexity index is 1210. The molecule has 0 aliphatic carbocycles. The van der Waals surface area contributed by atoms with Crippen molar-refractivity contribution in [2.75, 3.05) is 5.43 Å². The second kappa shape index (κ2) is 7.01. The van der Waals surface area contributed by atoms with Crippen LogP contribution in [0.2, 0.25) is 5.02 Å². The van der Waals surface area contributed by atoms with Gasteiger partial charge in [-0.1, -0.05) is 29.8 Å². The first-order valence-corrected chi connectivity index (χ1v) is 8.50. The number of amides is 1. The maximum Gasteiger partial charge on any atom is 0.280 e. The summed E-state index contributed by atoms with van der Waals surface area (Å²) in [5.41, 5.74) is 3.80. The van der Waals surface area contributed by atoms with E-state index >= 15 is 0 Å². The number of fused-ring (bicyclic) bond motifs is 1. The molecular formula is C20H13ClN4O2. The van der Waals surface area contributed by atoms with E-state index in [-0.39, 0.29) is 5.56 Å². The van der Waals surface area contributed by atoms with Gasteiger partial charge in [-0.15, -0.1) is 0 Å². The highest BCUT2D eigenvalue weighted by molar-refractivity contribution is 6.31. The van der Waals surface area contributed by atoms with Crippen molar-refractivity contribution in [2.45, 2.75) is 0 Å². The lowest BCUT2D eigenvalue weighted by Gasteiger charge is -2.14. The van der Waals surface area contributed by atoms with E-state index < -0.39 is 5.91 Å². The average Bonchev–Trinajstić information content (AvgIpc) is 2.70. The van der Waals surface area contributed by atoms with Gasteiger partial charge >= 0.3 is 0 Å². The molecule has 4 aromatic rings. The fraction of sp³-hybridized carbons (Fsp3) is 0. The summed E-state index contributed by atoms with van der Waals surface area (Å²) in [6, 6.07) is 16.9. The Balaban J connectivity index is 1.89. The number of benzene rings is 2. The van der Waals surface area contributed by atoms with Crippen LogP contribution in [-0.4, -0.2) is 20.6 Å². The molecule has 2 aromatic heterocycles. The molecule has 0 saturated heterocycles. The van der Waals surface area contributed by atoms with Crippen LogP contribution in [0.4, 0.5) is 0 Å². The Morgan fingerprint density at radius 2 is 1.78 bits per heavy atom. The van der Waals surface area contributed by atoms with Crippen molar-refractivity contribution in [1.29, 1.82) is 0 Å². The number of pyridine rings is 1. The van der Waals surface area contributed by atoms with Crippen LogP contribution in [0.3, 0.4) is 0 Å². The quantitative estimate of drug-likeness (QED) is 0.593. The van der Waals surface area contributed by atoms with Gasteiger partial charge in [-0.05, 0) is 42.5 Å². The van der Waals surface area contributed by atoms with Crippen molar-refractivity contribution >= 4 is 28.4 Å². The number of hydrogen-bond donors (Lipinski definition) is 1. The molecule has 7 heteroatoms. The highest BCUT2D eigenvalue weighted by Gasteiger charge is 2.16. The monoisotopic (exact) mass is 376 g/mol. The van der Waals surface area contributed by atoms with Gasteiger partial charge in [0.2, 0.25) is 0 Å². The Hall–Kier alpha value is -3.51. The summed E-state index contributed by atoms with van der Waals surface area (Å²) in [6.07, 6.45) is 3.19. The van der Waals surface area contributed by atoms with E-state index in [1.807, 2.05) is 0 Å². The molecule has 2 heterocycles. The molecule has 0 aliphatic rings. The molecular weight excluding hydrogens is 364 g/mol. The maximum absolute atomic E-state index is 13.0. The van der Waals surface area contributed by atoms with Gasteiger partial charge in [-0.25, -0.2) is 4.98 Å². The summed E-state index contributed by atoms with van der Waals surface area (Å²) >= 11 is 5.96. The van der Waals surface area contributed by atoms with Crippen molar-refractivity contribution in [3.8, 4) is 11.4 Å². The van der Waals surface area contributed by atoms with Crippen LogP contribution in [0, 0.1) is 0 Å². The van der Waals surface area contributed by atoms with Crippen LogP contribution >= 0.6 is 11.6 Å². The number of hydrogen-bond acceptors (Lipinski definition) is 4. The molecule has 0 aliphatic heterocycles. The number of carbonyl (C=O) groups is 1. The third kappa shape index (κ3) is 3.30. The Morgan fingerprint density at radius 1 is 1.00 bits per heavy atom. The molecule has 0 saturated carbocycles. The van der Waals surface area contributed by atoms with Crippen LogP contribution < -0.4 is 11.0 Å². The molecule has 0 radical (unpaired) electrons. The molecule has 132 valence electrons. The fourth-order valence-corrected chi connectivity index (χ4v) is 2.92. The summed E-state index contributed by atoms with van der Waals surface area (Å²) in [6.45, 7) is 0. The van der Waals surface area contributed by atoms with E-state index in [0.717, 1.165) is 4.68 Å². The third-order valence-corrected chi connectivity index (χ3v) is 4.25. The molecule has 1 amide bonds. The largest absolute Gasteiger partial charge is 0.280 e. The predicted molar refractivity (Wildman–Crippen MR) is 104 cm³/mol. The SMILES string of the molecule is O=C(Nn1c(-c2ccncc2)nc2ccccc2c1=O)c1cccc(Cl)c1. The minimum absolute atomic E-state index is 0.316. The molecule has 2 aromatic carbocycles. The topological polar surface area (TPSA) is 76.9 Å². The highest BCUT2D eigenvalue weighted by Crippen LogP contribution is 2.18. The van der Waals surface area contributed by atoms with Gasteiger partial charge in [0, 0.05) is 28.5 Å². The van der Waals surface area contributed by atoms with Crippen molar-refractivity contribution in [3.05, 3.63) is 94.0 Å². The maximum atomic E-state index is 13.0. The summed E-state index contributed by atoms with van der Waals surface area (Å²) in [7, 11) is 0. The zero-order valence-electron chi connectivity index (χ0n) is 14.0. The molecule has 27 heavy (non-hydrogen) atoms. The summed E-state index contributed by atoms with van der Waals surface area (Å²) in [4.78, 5) is 34.2. The number of nitrogens with one attached hydrogen (secondary N) is 1. The molecule has 0 bridgehead atoms. The number of nitrogens with zero attached hydrogens (tertiary/aromatic N) is 3. The van der Waals surface area contributed by atoms with Gasteiger partial charge in [-0.2, -0.15) is 4.68 Å². The standard InChI is InChI=1S/C20H13ClN4O2/c21-15-5-3-4-14(12-15)19(26)24-25-18(13-8-10-22-11-9-13)23-17-7-2-1-6-16(17)20(25)27/h1-12H,(H,24,26). The van der Waals surface area contributed by atoms with Crippen molar-refractivity contribution in [1.82, 2.24) is 14.6 Å². The normalized spacial score (nSPS) is 10.7. The molecule has 1 N–H and O–H groups in total. The van der Waals surface area contributed by atoms with Crippen LogP contribution in [0.15, 0.2) is 77.9 Å². The number of para-hydroxylation sites is 1. The first-order valence-electron chi connectivity index (χ1n) is 8.12. The summed E-state index contributed by atoms with van der Waals surface area (Å²) in [5, 5.41) is 0.836. The van der Waals surface area contributed by atoms with E-state index in [1.54, 1.807) is 67.0 Å². The van der Waals surface area contributed by atoms with Crippen molar-refractivity contribution < 1.29 is 4.79 Å². The molecule has 0 spiro atoms. The second-order valence-electron chi connectivity index (χ2n) is 5.78. The molecule has 6 nitrogen and oxygen atoms in total. The Morgan fingerprint density at radius 3 is 2.56 bits per heavy atom. The summed E-state index contributed by atoms with van der Waals surface area (Å²) in [5.74, 6) is -0.150. The van der Waals surface area contributed by atoms with Gasteiger partial charge in [0.05, 0.1) is 10.9 Å². The first kappa shape index (κ1) is 16.9. The van der Waals surface area contributed by atoms with Gasteiger partial charge in [0.25, 0.3) is 11.5 Å². The number of carbonyl (C=O) groups excluding carboxylic acids is 1. The summed E-state index contributed by atoms with van der Waals surface area (Å²) < 4.78 is 1.15. The predicted octanol–water partition coefficient (Wildman–Crippen LogP) is 3.50. The highest BCUT2D eigenvalue weighted by atomic mass is 35.5. The first-order chi connectivity index (χ1) is 13.1. The smallest absolute Gasteiger partial charge is 0.267 e. The zero-order valence-corrected chi connectivity index (χ0v) is 14.7. The number of halogens is 1.